The molecule has 0 saturated carbocycles. The third-order valence-corrected chi connectivity index (χ3v) is 5.66. The van der Waals surface area contributed by atoms with Gasteiger partial charge in [-0.1, -0.05) is 28.1 Å². The van der Waals surface area contributed by atoms with Crippen molar-refractivity contribution in [1.29, 1.82) is 0 Å². The Morgan fingerprint density at radius 2 is 1.81 bits per heavy atom. The zero-order valence-electron chi connectivity index (χ0n) is 16.4. The fourth-order valence-electron chi connectivity index (χ4n) is 3.66. The molecule has 5 rings (SSSR count). The van der Waals surface area contributed by atoms with Gasteiger partial charge in [-0.15, -0.1) is 0 Å². The summed E-state index contributed by atoms with van der Waals surface area (Å²) in [6.45, 7) is 0. The Labute approximate surface area is 185 Å². The van der Waals surface area contributed by atoms with E-state index in [0.717, 1.165) is 15.7 Å². The van der Waals surface area contributed by atoms with Crippen molar-refractivity contribution in [1.82, 2.24) is 9.55 Å². The highest BCUT2D eigenvalue weighted by Gasteiger charge is 2.25. The van der Waals surface area contributed by atoms with E-state index in [1.54, 1.807) is 55.7 Å². The number of carbonyl (C=O) groups excluding carboxylic acids is 1. The maximum absolute atomic E-state index is 13.4. The lowest BCUT2D eigenvalue weighted by molar-refractivity contribution is -0.110. The number of para-hydroxylation sites is 1. The number of nitrogens with zero attached hydrogens (tertiary/aromatic N) is 2. The molecule has 152 valence electrons. The van der Waals surface area contributed by atoms with Crippen LogP contribution in [0.3, 0.4) is 0 Å². The highest BCUT2D eigenvalue weighted by molar-refractivity contribution is 9.10. The van der Waals surface area contributed by atoms with Crippen molar-refractivity contribution in [2.75, 3.05) is 12.4 Å². The van der Waals surface area contributed by atoms with Crippen LogP contribution < -0.4 is 15.6 Å². The van der Waals surface area contributed by atoms with Gasteiger partial charge in [-0.2, -0.15) is 0 Å². The van der Waals surface area contributed by atoms with Crippen LogP contribution in [0.5, 0.6) is 5.75 Å². The van der Waals surface area contributed by atoms with Crippen LogP contribution in [0.15, 0.2) is 76.0 Å². The van der Waals surface area contributed by atoms with E-state index in [1.165, 1.54) is 4.57 Å². The summed E-state index contributed by atoms with van der Waals surface area (Å²) < 4.78 is 7.60. The first-order valence-corrected chi connectivity index (χ1v) is 10.3. The van der Waals surface area contributed by atoms with Gasteiger partial charge in [-0.3, -0.25) is 14.2 Å². The number of halogens is 1. The number of methoxy groups -OCH3 is 1. The van der Waals surface area contributed by atoms with Crippen molar-refractivity contribution in [3.05, 3.63) is 92.9 Å². The lowest BCUT2D eigenvalue weighted by Crippen LogP contribution is -2.22. The van der Waals surface area contributed by atoms with Gasteiger partial charge in [0.25, 0.3) is 11.5 Å². The Hall–Kier alpha value is -3.71. The Bertz CT molecular complexity index is 1440. The molecule has 6 nitrogen and oxygen atoms in total. The second kappa shape index (κ2) is 7.52. The summed E-state index contributed by atoms with van der Waals surface area (Å²) in [7, 11) is 1.59. The monoisotopic (exact) mass is 473 g/mol. The molecule has 0 spiro atoms. The fraction of sp³-hybridized carbons (Fsp3) is 0.0417. The summed E-state index contributed by atoms with van der Waals surface area (Å²) in [4.78, 5) is 30.8. The highest BCUT2D eigenvalue weighted by Crippen LogP contribution is 2.35. The number of benzene rings is 3. The van der Waals surface area contributed by atoms with Gasteiger partial charge in [-0.25, -0.2) is 4.98 Å². The summed E-state index contributed by atoms with van der Waals surface area (Å²) in [5.41, 5.74) is 2.90. The molecule has 1 N–H and O–H groups in total. The average Bonchev–Trinajstić information content (AvgIpc) is 3.08. The Morgan fingerprint density at radius 3 is 2.58 bits per heavy atom. The minimum Gasteiger partial charge on any atom is -0.497 e. The number of fused-ring (bicyclic) bond motifs is 2. The van der Waals surface area contributed by atoms with Crippen LogP contribution in [0.1, 0.15) is 11.4 Å². The predicted molar refractivity (Wildman–Crippen MR) is 125 cm³/mol. The minimum atomic E-state index is -0.239. The molecule has 1 aliphatic rings. The molecule has 31 heavy (non-hydrogen) atoms. The maximum Gasteiger partial charge on any atom is 0.266 e. The van der Waals surface area contributed by atoms with Gasteiger partial charge >= 0.3 is 0 Å². The molecule has 3 aromatic carbocycles. The number of nitrogens with one attached hydrogen (secondary N) is 1. The molecule has 2 heterocycles. The lowest BCUT2D eigenvalue weighted by Gasteiger charge is -2.12. The molecule has 4 aromatic rings. The topological polar surface area (TPSA) is 73.2 Å². The average molecular weight is 474 g/mol. The number of aromatic nitrogens is 2. The molecule has 0 aliphatic carbocycles. The molecule has 1 aromatic heterocycles. The normalized spacial score (nSPS) is 14.0. The van der Waals surface area contributed by atoms with E-state index < -0.39 is 0 Å². The van der Waals surface area contributed by atoms with E-state index in [-0.39, 0.29) is 11.5 Å². The number of anilines is 1. The summed E-state index contributed by atoms with van der Waals surface area (Å²) >= 11 is 3.46. The molecule has 7 heteroatoms. The number of rotatable bonds is 3. The molecular weight excluding hydrogens is 458 g/mol. The molecule has 0 atom stereocenters. The van der Waals surface area contributed by atoms with Gasteiger partial charge in [0.1, 0.15) is 11.6 Å². The molecule has 1 amide bonds. The SMILES string of the molecule is COc1ccc(-n2c(/C=C3/C(=O)Nc4ccc(Br)cc43)nc3ccccc3c2=O)cc1. The van der Waals surface area contributed by atoms with E-state index >= 15 is 0 Å². The van der Waals surface area contributed by atoms with E-state index in [9.17, 15) is 9.59 Å². The maximum atomic E-state index is 13.4. The fourth-order valence-corrected chi connectivity index (χ4v) is 4.02. The Morgan fingerprint density at radius 1 is 1.03 bits per heavy atom. The van der Waals surface area contributed by atoms with Gasteiger partial charge in [0, 0.05) is 15.7 Å². The molecule has 0 unspecified atom stereocenters. The van der Waals surface area contributed by atoms with Crippen LogP contribution in [0.2, 0.25) is 0 Å². The Balaban J connectivity index is 1.79. The van der Waals surface area contributed by atoms with Crippen molar-refractivity contribution in [3.63, 3.8) is 0 Å². The molecule has 0 bridgehead atoms. The second-order valence-electron chi connectivity index (χ2n) is 7.03. The van der Waals surface area contributed by atoms with E-state index in [2.05, 4.69) is 21.2 Å². The predicted octanol–water partition coefficient (Wildman–Crippen LogP) is 4.65. The smallest absolute Gasteiger partial charge is 0.266 e. The summed E-state index contributed by atoms with van der Waals surface area (Å²) in [5.74, 6) is 0.808. The molecule has 0 saturated heterocycles. The quantitative estimate of drug-likeness (QED) is 0.439. The molecular formula is C24H16BrN3O3. The summed E-state index contributed by atoms with van der Waals surface area (Å²) in [6.07, 6.45) is 1.66. The highest BCUT2D eigenvalue weighted by atomic mass is 79.9. The van der Waals surface area contributed by atoms with Crippen LogP contribution in [0, 0.1) is 0 Å². The van der Waals surface area contributed by atoms with E-state index in [0.29, 0.717) is 33.7 Å². The van der Waals surface area contributed by atoms with Gasteiger partial charge < -0.3 is 10.1 Å². The number of ether oxygens (including phenoxy) is 1. The van der Waals surface area contributed by atoms with Gasteiger partial charge in [0.15, 0.2) is 0 Å². The van der Waals surface area contributed by atoms with Crippen LogP contribution in [-0.2, 0) is 4.79 Å². The lowest BCUT2D eigenvalue weighted by atomic mass is 10.1. The first-order valence-electron chi connectivity index (χ1n) is 9.54. The third-order valence-electron chi connectivity index (χ3n) is 5.17. The van der Waals surface area contributed by atoms with E-state index in [4.69, 9.17) is 9.72 Å². The first kappa shape index (κ1) is 19.3. The van der Waals surface area contributed by atoms with Gasteiger partial charge in [-0.05, 0) is 60.7 Å². The zero-order valence-corrected chi connectivity index (χ0v) is 18.0. The molecule has 0 fully saturated rings. The van der Waals surface area contributed by atoms with Gasteiger partial charge in [0.2, 0.25) is 0 Å². The van der Waals surface area contributed by atoms with E-state index in [1.807, 2.05) is 24.3 Å². The van der Waals surface area contributed by atoms with Gasteiger partial charge in [0.05, 0.1) is 29.3 Å². The zero-order chi connectivity index (χ0) is 21.5. The van der Waals surface area contributed by atoms with Crippen molar-refractivity contribution in [2.45, 2.75) is 0 Å². The largest absolute Gasteiger partial charge is 0.497 e. The van der Waals surface area contributed by atoms with Crippen molar-refractivity contribution >= 4 is 50.1 Å². The third kappa shape index (κ3) is 3.33. The Kier molecular flexibility index (Phi) is 4.67. The summed E-state index contributed by atoms with van der Waals surface area (Å²) in [6, 6.07) is 19.9. The molecule has 0 radical (unpaired) electrons. The minimum absolute atomic E-state index is 0.213. The number of amides is 1. The number of hydrogen-bond acceptors (Lipinski definition) is 4. The second-order valence-corrected chi connectivity index (χ2v) is 7.94. The summed E-state index contributed by atoms with van der Waals surface area (Å²) in [5, 5.41) is 3.36. The number of hydrogen-bond donors (Lipinski definition) is 1. The van der Waals surface area contributed by atoms with Crippen molar-refractivity contribution in [2.24, 2.45) is 0 Å². The van der Waals surface area contributed by atoms with Crippen molar-refractivity contribution in [3.8, 4) is 11.4 Å². The number of carbonyl (C=O) groups is 1. The van der Waals surface area contributed by atoms with Crippen molar-refractivity contribution < 1.29 is 9.53 Å². The first-order chi connectivity index (χ1) is 15.0. The standard InChI is InChI=1S/C24H16BrN3O3/c1-31-16-9-7-15(8-10-16)28-22(26-20-5-3-2-4-17(20)24(28)30)13-19-18-12-14(25)6-11-21(18)27-23(19)29/h2-13H,1H3,(H,27,29)/b19-13+. The van der Waals surface area contributed by atoms with Crippen LogP contribution >= 0.6 is 15.9 Å². The van der Waals surface area contributed by atoms with Crippen LogP contribution in [-0.4, -0.2) is 22.6 Å². The van der Waals surface area contributed by atoms with Crippen LogP contribution in [0.4, 0.5) is 5.69 Å². The van der Waals surface area contributed by atoms with Crippen LogP contribution in [0.25, 0.3) is 28.2 Å². The molecule has 1 aliphatic heterocycles.